The first-order valence-electron chi connectivity index (χ1n) is 6.24. The zero-order chi connectivity index (χ0) is 15.4. The maximum absolute atomic E-state index is 11.1. The standard InChI is InChI=1S/C15H15ClN2O3/c1-18(9-10-3-5-11(21-2)6-4-10)14-13(16)12(15(19)20)7-8-17-14/h3-8H,9H2,1-2H3,(H,19,20). The number of aromatic carboxylic acids is 1. The smallest absolute Gasteiger partial charge is 0.337 e. The van der Waals surface area contributed by atoms with Crippen molar-refractivity contribution in [3.05, 3.63) is 52.7 Å². The van der Waals surface area contributed by atoms with E-state index in [0.717, 1.165) is 11.3 Å². The lowest BCUT2D eigenvalue weighted by Crippen LogP contribution is -2.19. The Morgan fingerprint density at radius 1 is 1.33 bits per heavy atom. The van der Waals surface area contributed by atoms with Gasteiger partial charge in [0.2, 0.25) is 0 Å². The summed E-state index contributed by atoms with van der Waals surface area (Å²) < 4.78 is 5.11. The van der Waals surface area contributed by atoms with E-state index in [0.29, 0.717) is 12.4 Å². The molecule has 0 saturated carbocycles. The van der Waals surface area contributed by atoms with E-state index in [-0.39, 0.29) is 10.6 Å². The molecule has 6 heteroatoms. The minimum atomic E-state index is -1.07. The zero-order valence-corrected chi connectivity index (χ0v) is 12.5. The predicted molar refractivity (Wildman–Crippen MR) is 81.3 cm³/mol. The van der Waals surface area contributed by atoms with Gasteiger partial charge < -0.3 is 14.7 Å². The Hall–Kier alpha value is -2.27. The SMILES string of the molecule is COc1ccc(CN(C)c2nccc(C(=O)O)c2Cl)cc1. The van der Waals surface area contributed by atoms with Crippen molar-refractivity contribution in [1.82, 2.24) is 4.98 Å². The molecule has 2 rings (SSSR count). The summed E-state index contributed by atoms with van der Waals surface area (Å²) in [7, 11) is 3.42. The van der Waals surface area contributed by atoms with Gasteiger partial charge in [0.25, 0.3) is 0 Å². The molecule has 0 bridgehead atoms. The number of hydrogen-bond acceptors (Lipinski definition) is 4. The van der Waals surface area contributed by atoms with Gasteiger partial charge in [-0.2, -0.15) is 0 Å². The molecule has 2 aromatic rings. The first kappa shape index (κ1) is 15.1. The summed E-state index contributed by atoms with van der Waals surface area (Å²) in [6.07, 6.45) is 1.44. The molecule has 0 spiro atoms. The van der Waals surface area contributed by atoms with Crippen LogP contribution in [0, 0.1) is 0 Å². The van der Waals surface area contributed by atoms with Crippen LogP contribution in [0.2, 0.25) is 5.02 Å². The van der Waals surface area contributed by atoms with Crippen LogP contribution in [0.3, 0.4) is 0 Å². The number of benzene rings is 1. The molecule has 0 aliphatic carbocycles. The van der Waals surface area contributed by atoms with Gasteiger partial charge in [-0.15, -0.1) is 0 Å². The van der Waals surface area contributed by atoms with Gasteiger partial charge >= 0.3 is 5.97 Å². The van der Waals surface area contributed by atoms with Gasteiger partial charge in [0.05, 0.1) is 17.7 Å². The fourth-order valence-corrected chi connectivity index (χ4v) is 2.28. The summed E-state index contributed by atoms with van der Waals surface area (Å²) in [5.41, 5.74) is 1.08. The summed E-state index contributed by atoms with van der Waals surface area (Å²) in [6.45, 7) is 0.555. The molecule has 0 atom stereocenters. The first-order chi connectivity index (χ1) is 10.0. The average molecular weight is 307 g/mol. The lowest BCUT2D eigenvalue weighted by Gasteiger charge is -2.20. The summed E-state index contributed by atoms with van der Waals surface area (Å²) in [5.74, 6) is 0.152. The highest BCUT2D eigenvalue weighted by atomic mass is 35.5. The third kappa shape index (κ3) is 3.44. The van der Waals surface area contributed by atoms with Crippen molar-refractivity contribution in [3.63, 3.8) is 0 Å². The normalized spacial score (nSPS) is 10.2. The van der Waals surface area contributed by atoms with Crippen LogP contribution in [0.1, 0.15) is 15.9 Å². The van der Waals surface area contributed by atoms with Gasteiger partial charge in [0.1, 0.15) is 11.6 Å². The van der Waals surface area contributed by atoms with Crippen molar-refractivity contribution < 1.29 is 14.6 Å². The van der Waals surface area contributed by atoms with Crippen molar-refractivity contribution in [2.24, 2.45) is 0 Å². The van der Waals surface area contributed by atoms with E-state index >= 15 is 0 Å². The molecule has 1 aromatic heterocycles. The number of nitrogens with zero attached hydrogens (tertiary/aromatic N) is 2. The molecule has 110 valence electrons. The Labute approximate surface area is 127 Å². The van der Waals surface area contributed by atoms with Crippen molar-refractivity contribution in [2.45, 2.75) is 6.54 Å². The van der Waals surface area contributed by atoms with Crippen LogP contribution in [-0.4, -0.2) is 30.2 Å². The van der Waals surface area contributed by atoms with Crippen molar-refractivity contribution in [1.29, 1.82) is 0 Å². The molecular weight excluding hydrogens is 292 g/mol. The monoisotopic (exact) mass is 306 g/mol. The molecule has 0 unspecified atom stereocenters. The average Bonchev–Trinajstić information content (AvgIpc) is 2.47. The van der Waals surface area contributed by atoms with Gasteiger partial charge in [-0.05, 0) is 23.8 Å². The number of anilines is 1. The minimum absolute atomic E-state index is 0.0447. The molecule has 5 nitrogen and oxygen atoms in total. The first-order valence-corrected chi connectivity index (χ1v) is 6.62. The highest BCUT2D eigenvalue weighted by molar-refractivity contribution is 6.35. The number of hydrogen-bond donors (Lipinski definition) is 1. The summed E-state index contributed by atoms with van der Waals surface area (Å²) >= 11 is 6.11. The van der Waals surface area contributed by atoms with Crippen LogP contribution in [-0.2, 0) is 6.54 Å². The topological polar surface area (TPSA) is 62.7 Å². The van der Waals surface area contributed by atoms with Crippen LogP contribution in [0.4, 0.5) is 5.82 Å². The van der Waals surface area contributed by atoms with E-state index in [2.05, 4.69) is 4.98 Å². The number of carboxylic acids is 1. The predicted octanol–water partition coefficient (Wildman–Crippen LogP) is 3.08. The van der Waals surface area contributed by atoms with E-state index in [4.69, 9.17) is 21.4 Å². The van der Waals surface area contributed by atoms with E-state index in [1.54, 1.807) is 12.0 Å². The number of halogens is 1. The Kier molecular flexibility index (Phi) is 4.65. The van der Waals surface area contributed by atoms with Crippen LogP contribution >= 0.6 is 11.6 Å². The van der Waals surface area contributed by atoms with Gasteiger partial charge in [0.15, 0.2) is 0 Å². The molecule has 0 aliphatic rings. The van der Waals surface area contributed by atoms with E-state index in [1.165, 1.54) is 12.3 Å². The zero-order valence-electron chi connectivity index (χ0n) is 11.7. The van der Waals surface area contributed by atoms with E-state index < -0.39 is 5.97 Å². The second kappa shape index (κ2) is 6.45. The van der Waals surface area contributed by atoms with E-state index in [9.17, 15) is 4.79 Å². The van der Waals surface area contributed by atoms with Crippen molar-refractivity contribution >= 4 is 23.4 Å². The van der Waals surface area contributed by atoms with Gasteiger partial charge in [-0.1, -0.05) is 23.7 Å². The van der Waals surface area contributed by atoms with Crippen LogP contribution < -0.4 is 9.64 Å². The number of rotatable bonds is 5. The molecule has 1 heterocycles. The summed E-state index contributed by atoms with van der Waals surface area (Å²) in [6, 6.07) is 8.99. The maximum Gasteiger partial charge on any atom is 0.337 e. The fourth-order valence-electron chi connectivity index (χ4n) is 1.94. The third-order valence-corrected chi connectivity index (χ3v) is 3.41. The molecule has 0 radical (unpaired) electrons. The number of carbonyl (C=O) groups is 1. The van der Waals surface area contributed by atoms with Gasteiger partial charge in [0, 0.05) is 19.8 Å². The second-order valence-electron chi connectivity index (χ2n) is 4.51. The number of aromatic nitrogens is 1. The summed E-state index contributed by atoms with van der Waals surface area (Å²) in [4.78, 5) is 17.0. The third-order valence-electron chi connectivity index (χ3n) is 3.04. The quantitative estimate of drug-likeness (QED) is 0.919. The Morgan fingerprint density at radius 2 is 2.00 bits per heavy atom. The van der Waals surface area contributed by atoms with Crippen molar-refractivity contribution in [2.75, 3.05) is 19.1 Å². The van der Waals surface area contributed by atoms with Gasteiger partial charge in [-0.25, -0.2) is 9.78 Å². The van der Waals surface area contributed by atoms with Gasteiger partial charge in [-0.3, -0.25) is 0 Å². The van der Waals surface area contributed by atoms with Crippen LogP contribution in [0.25, 0.3) is 0 Å². The van der Waals surface area contributed by atoms with Crippen LogP contribution in [0.5, 0.6) is 5.75 Å². The summed E-state index contributed by atoms with van der Waals surface area (Å²) in [5, 5.41) is 9.21. The lowest BCUT2D eigenvalue weighted by atomic mass is 10.2. The largest absolute Gasteiger partial charge is 0.497 e. The minimum Gasteiger partial charge on any atom is -0.497 e. The number of pyridine rings is 1. The Bertz CT molecular complexity index is 644. The highest BCUT2D eigenvalue weighted by Gasteiger charge is 2.16. The van der Waals surface area contributed by atoms with Crippen LogP contribution in [0.15, 0.2) is 36.5 Å². The fraction of sp³-hybridized carbons (Fsp3) is 0.200. The molecular formula is C15H15ClN2O3. The molecule has 1 aromatic carbocycles. The molecule has 1 N–H and O–H groups in total. The Morgan fingerprint density at radius 3 is 2.57 bits per heavy atom. The number of ether oxygens (including phenoxy) is 1. The van der Waals surface area contributed by atoms with E-state index in [1.807, 2.05) is 31.3 Å². The molecule has 21 heavy (non-hydrogen) atoms. The molecule has 0 aliphatic heterocycles. The molecule has 0 fully saturated rings. The number of carboxylic acid groups (broad SMARTS) is 1. The molecule has 0 amide bonds. The lowest BCUT2D eigenvalue weighted by molar-refractivity contribution is 0.0697. The number of methoxy groups -OCH3 is 1. The van der Waals surface area contributed by atoms with Crippen molar-refractivity contribution in [3.8, 4) is 5.75 Å². The second-order valence-corrected chi connectivity index (χ2v) is 4.88. The maximum atomic E-state index is 11.1. The highest BCUT2D eigenvalue weighted by Crippen LogP contribution is 2.27. The molecule has 0 saturated heterocycles. The Balaban J connectivity index is 2.21.